The van der Waals surface area contributed by atoms with Crippen molar-refractivity contribution < 1.29 is 0 Å². The Balaban J connectivity index is 1.72. The van der Waals surface area contributed by atoms with E-state index in [1.807, 2.05) is 18.6 Å². The second-order valence-corrected chi connectivity index (χ2v) is 4.56. The number of nitrogens with one attached hydrogen (secondary N) is 2. The summed E-state index contributed by atoms with van der Waals surface area (Å²) < 4.78 is 2.18. The first-order chi connectivity index (χ1) is 9.36. The second-order valence-electron chi connectivity index (χ2n) is 4.56. The molecule has 2 heterocycles. The Hall–Kier alpha value is -2.30. The highest BCUT2D eigenvalue weighted by Crippen LogP contribution is 2.17. The summed E-state index contributed by atoms with van der Waals surface area (Å²) in [5.74, 6) is 1.06. The summed E-state index contributed by atoms with van der Waals surface area (Å²) in [5.41, 5.74) is 2.12. The zero-order valence-corrected chi connectivity index (χ0v) is 10.9. The van der Waals surface area contributed by atoms with Gasteiger partial charge in [-0.2, -0.15) is 5.10 Å². The van der Waals surface area contributed by atoms with Gasteiger partial charge in [-0.25, -0.2) is 4.98 Å². The van der Waals surface area contributed by atoms with Gasteiger partial charge in [0.15, 0.2) is 0 Å². The molecule has 0 saturated carbocycles. The highest BCUT2D eigenvalue weighted by molar-refractivity contribution is 5.81. The number of nitrogens with zero attached hydrogens (tertiary/aromatic N) is 3. The van der Waals surface area contributed by atoms with Crippen LogP contribution >= 0.6 is 0 Å². The number of rotatable bonds is 5. The van der Waals surface area contributed by atoms with E-state index in [9.17, 15) is 0 Å². The fourth-order valence-corrected chi connectivity index (χ4v) is 2.18. The zero-order valence-electron chi connectivity index (χ0n) is 10.9. The molecule has 0 aliphatic carbocycles. The normalized spacial score (nSPS) is 11.0. The standard InChI is InChI=1S/C14H17N5/c1-2-6-19-7-5-15-14(19)10-16-12-4-3-11-9-17-18-13(11)8-12/h3-5,7-9,16H,2,6,10H2,1H3,(H,17,18). The third-order valence-electron chi connectivity index (χ3n) is 3.16. The van der Waals surface area contributed by atoms with Crippen LogP contribution < -0.4 is 5.32 Å². The van der Waals surface area contributed by atoms with E-state index >= 15 is 0 Å². The predicted octanol–water partition coefficient (Wildman–Crippen LogP) is 2.78. The Bertz CT molecular complexity index is 667. The molecular weight excluding hydrogens is 238 g/mol. The van der Waals surface area contributed by atoms with Crippen LogP contribution in [0.15, 0.2) is 36.8 Å². The van der Waals surface area contributed by atoms with Gasteiger partial charge < -0.3 is 9.88 Å². The van der Waals surface area contributed by atoms with Gasteiger partial charge in [0.1, 0.15) is 5.82 Å². The van der Waals surface area contributed by atoms with Crippen LogP contribution in [-0.2, 0) is 13.1 Å². The van der Waals surface area contributed by atoms with Crippen LogP contribution in [0.4, 0.5) is 5.69 Å². The Morgan fingerprint density at radius 3 is 3.21 bits per heavy atom. The van der Waals surface area contributed by atoms with Crippen LogP contribution in [0.5, 0.6) is 0 Å². The third-order valence-corrected chi connectivity index (χ3v) is 3.16. The van der Waals surface area contributed by atoms with Crippen molar-refractivity contribution in [2.75, 3.05) is 5.32 Å². The van der Waals surface area contributed by atoms with Gasteiger partial charge in [0.25, 0.3) is 0 Å². The van der Waals surface area contributed by atoms with E-state index in [-0.39, 0.29) is 0 Å². The molecule has 5 nitrogen and oxygen atoms in total. The maximum Gasteiger partial charge on any atom is 0.128 e. The predicted molar refractivity (Wildman–Crippen MR) is 75.9 cm³/mol. The van der Waals surface area contributed by atoms with Crippen molar-refractivity contribution >= 4 is 16.6 Å². The van der Waals surface area contributed by atoms with Crippen LogP contribution in [0.1, 0.15) is 19.2 Å². The first kappa shape index (κ1) is 11.8. The van der Waals surface area contributed by atoms with Crippen LogP contribution in [0.25, 0.3) is 10.9 Å². The monoisotopic (exact) mass is 255 g/mol. The molecule has 0 saturated heterocycles. The summed E-state index contributed by atoms with van der Waals surface area (Å²) in [5, 5.41) is 11.5. The van der Waals surface area contributed by atoms with Crippen molar-refractivity contribution in [1.82, 2.24) is 19.7 Å². The van der Waals surface area contributed by atoms with Crippen LogP contribution in [0.2, 0.25) is 0 Å². The van der Waals surface area contributed by atoms with Crippen molar-refractivity contribution in [1.29, 1.82) is 0 Å². The smallest absolute Gasteiger partial charge is 0.128 e. The van der Waals surface area contributed by atoms with E-state index in [4.69, 9.17) is 0 Å². The van der Waals surface area contributed by atoms with Gasteiger partial charge in [0.05, 0.1) is 18.3 Å². The second kappa shape index (κ2) is 5.14. The Morgan fingerprint density at radius 1 is 1.37 bits per heavy atom. The number of aryl methyl sites for hydroxylation is 1. The van der Waals surface area contributed by atoms with Crippen LogP contribution in [0.3, 0.4) is 0 Å². The van der Waals surface area contributed by atoms with Gasteiger partial charge in [-0.3, -0.25) is 5.10 Å². The average Bonchev–Trinajstić information content (AvgIpc) is 3.05. The Morgan fingerprint density at radius 2 is 2.32 bits per heavy atom. The summed E-state index contributed by atoms with van der Waals surface area (Å²) in [6.45, 7) is 3.91. The van der Waals surface area contributed by atoms with E-state index in [1.54, 1.807) is 0 Å². The molecule has 3 rings (SSSR count). The van der Waals surface area contributed by atoms with Gasteiger partial charge in [-0.15, -0.1) is 0 Å². The number of H-pyrrole nitrogens is 1. The highest BCUT2D eigenvalue weighted by Gasteiger charge is 2.02. The van der Waals surface area contributed by atoms with Crippen LogP contribution in [0, 0.1) is 0 Å². The quantitative estimate of drug-likeness (QED) is 0.737. The molecule has 1 aromatic carbocycles. The van der Waals surface area contributed by atoms with Crippen molar-refractivity contribution in [3.63, 3.8) is 0 Å². The zero-order chi connectivity index (χ0) is 13.1. The molecule has 0 radical (unpaired) electrons. The maximum absolute atomic E-state index is 4.38. The molecule has 0 atom stereocenters. The summed E-state index contributed by atoms with van der Waals surface area (Å²) in [4.78, 5) is 4.38. The molecule has 0 aliphatic rings. The Labute approximate surface area is 111 Å². The molecule has 98 valence electrons. The van der Waals surface area contributed by atoms with Gasteiger partial charge in [0, 0.05) is 30.0 Å². The highest BCUT2D eigenvalue weighted by atomic mass is 15.1. The van der Waals surface area contributed by atoms with E-state index in [1.165, 1.54) is 0 Å². The summed E-state index contributed by atoms with van der Waals surface area (Å²) in [6, 6.07) is 6.18. The average molecular weight is 255 g/mol. The van der Waals surface area contributed by atoms with Crippen molar-refractivity contribution in [3.8, 4) is 0 Å². The minimum absolute atomic E-state index is 0.729. The summed E-state index contributed by atoms with van der Waals surface area (Å²) in [7, 11) is 0. The lowest BCUT2D eigenvalue weighted by molar-refractivity contribution is 0.644. The van der Waals surface area contributed by atoms with Gasteiger partial charge in [0.2, 0.25) is 0 Å². The lowest BCUT2D eigenvalue weighted by Gasteiger charge is -2.08. The number of anilines is 1. The molecular formula is C14H17N5. The van der Waals surface area contributed by atoms with Gasteiger partial charge in [-0.1, -0.05) is 6.92 Å². The van der Waals surface area contributed by atoms with Crippen molar-refractivity contribution in [3.05, 3.63) is 42.6 Å². The number of aromatic nitrogens is 4. The summed E-state index contributed by atoms with van der Waals surface area (Å²) >= 11 is 0. The van der Waals surface area contributed by atoms with Crippen LogP contribution in [-0.4, -0.2) is 19.7 Å². The number of benzene rings is 1. The lowest BCUT2D eigenvalue weighted by atomic mass is 10.2. The molecule has 0 fully saturated rings. The molecule has 0 bridgehead atoms. The number of aromatic amines is 1. The largest absolute Gasteiger partial charge is 0.378 e. The first-order valence-electron chi connectivity index (χ1n) is 6.54. The van der Waals surface area contributed by atoms with E-state index < -0.39 is 0 Å². The number of hydrogen-bond acceptors (Lipinski definition) is 3. The molecule has 5 heteroatoms. The molecule has 19 heavy (non-hydrogen) atoms. The third kappa shape index (κ3) is 2.45. The topological polar surface area (TPSA) is 58.5 Å². The van der Waals surface area contributed by atoms with E-state index in [0.717, 1.165) is 41.9 Å². The first-order valence-corrected chi connectivity index (χ1v) is 6.54. The van der Waals surface area contributed by atoms with Gasteiger partial charge in [-0.05, 0) is 24.6 Å². The van der Waals surface area contributed by atoms with E-state index in [0.29, 0.717) is 0 Å². The molecule has 3 aromatic rings. The molecule has 2 aromatic heterocycles. The number of fused-ring (bicyclic) bond motifs is 1. The summed E-state index contributed by atoms with van der Waals surface area (Å²) in [6.07, 6.45) is 6.82. The lowest BCUT2D eigenvalue weighted by Crippen LogP contribution is -2.08. The maximum atomic E-state index is 4.38. The fourth-order valence-electron chi connectivity index (χ4n) is 2.18. The molecule has 0 unspecified atom stereocenters. The Kier molecular flexibility index (Phi) is 3.18. The van der Waals surface area contributed by atoms with Gasteiger partial charge >= 0.3 is 0 Å². The van der Waals surface area contributed by atoms with E-state index in [2.05, 4.69) is 50.2 Å². The molecule has 2 N–H and O–H groups in total. The van der Waals surface area contributed by atoms with Crippen molar-refractivity contribution in [2.45, 2.75) is 26.4 Å². The molecule has 0 amide bonds. The van der Waals surface area contributed by atoms with Crippen molar-refractivity contribution in [2.24, 2.45) is 0 Å². The minimum Gasteiger partial charge on any atom is -0.378 e. The fraction of sp³-hybridized carbons (Fsp3) is 0.286. The molecule has 0 aliphatic heterocycles. The SMILES string of the molecule is CCCn1ccnc1CNc1ccc2cn[nH]c2c1. The molecule has 0 spiro atoms. The number of imidazole rings is 1. The minimum atomic E-state index is 0.729. The number of hydrogen-bond donors (Lipinski definition) is 2.